The average molecular weight is 439 g/mol. The van der Waals surface area contributed by atoms with Crippen LogP contribution in [0, 0.1) is 20.8 Å². The summed E-state index contributed by atoms with van der Waals surface area (Å²) in [5, 5.41) is 2.78. The standard InChI is InChI=1S/C24H26N2O4S/c1-5-19-7-6-8-20(14-19)25-22(27)15-26-18(4)13-17(3)23(24(26)28)31(29,30)21-11-9-16(2)10-12-21/h6-14H,5,15H2,1-4H3,(H,25,27). The molecule has 1 aromatic heterocycles. The number of carbonyl (C=O) groups excluding carboxylic acids is 1. The number of pyridine rings is 1. The number of carbonyl (C=O) groups is 1. The maximum absolute atomic E-state index is 13.2. The highest BCUT2D eigenvalue weighted by Gasteiger charge is 2.26. The molecule has 6 nitrogen and oxygen atoms in total. The molecule has 2 aromatic carbocycles. The van der Waals surface area contributed by atoms with E-state index in [2.05, 4.69) is 5.32 Å². The fourth-order valence-corrected chi connectivity index (χ4v) is 5.03. The predicted octanol–water partition coefficient (Wildman–Crippen LogP) is 3.81. The first-order valence-corrected chi connectivity index (χ1v) is 11.5. The summed E-state index contributed by atoms with van der Waals surface area (Å²) in [6, 6.07) is 15.4. The predicted molar refractivity (Wildman–Crippen MR) is 121 cm³/mol. The summed E-state index contributed by atoms with van der Waals surface area (Å²) < 4.78 is 27.6. The second-order valence-electron chi connectivity index (χ2n) is 7.61. The summed E-state index contributed by atoms with van der Waals surface area (Å²) >= 11 is 0. The van der Waals surface area contributed by atoms with Crippen LogP contribution in [-0.2, 0) is 27.6 Å². The zero-order valence-electron chi connectivity index (χ0n) is 18.1. The fourth-order valence-electron chi connectivity index (χ4n) is 3.48. The van der Waals surface area contributed by atoms with Gasteiger partial charge in [0.15, 0.2) is 0 Å². The van der Waals surface area contributed by atoms with Gasteiger partial charge in [-0.15, -0.1) is 0 Å². The van der Waals surface area contributed by atoms with Crippen LogP contribution >= 0.6 is 0 Å². The molecule has 0 saturated carbocycles. The molecule has 0 aliphatic heterocycles. The monoisotopic (exact) mass is 438 g/mol. The largest absolute Gasteiger partial charge is 0.325 e. The van der Waals surface area contributed by atoms with Crippen molar-refractivity contribution >= 4 is 21.4 Å². The van der Waals surface area contributed by atoms with Crippen LogP contribution in [0.1, 0.15) is 29.3 Å². The van der Waals surface area contributed by atoms with Crippen molar-refractivity contribution in [1.29, 1.82) is 0 Å². The molecule has 0 radical (unpaired) electrons. The van der Waals surface area contributed by atoms with Crippen LogP contribution in [0.2, 0.25) is 0 Å². The van der Waals surface area contributed by atoms with E-state index in [4.69, 9.17) is 0 Å². The van der Waals surface area contributed by atoms with Gasteiger partial charge >= 0.3 is 0 Å². The molecule has 0 saturated heterocycles. The van der Waals surface area contributed by atoms with Gasteiger partial charge in [-0.25, -0.2) is 8.42 Å². The SMILES string of the molecule is CCc1cccc(NC(=O)Cn2c(C)cc(C)c(S(=O)(=O)c3ccc(C)cc3)c2=O)c1. The quantitative estimate of drug-likeness (QED) is 0.634. The van der Waals surface area contributed by atoms with Gasteiger partial charge in [0.1, 0.15) is 11.4 Å². The number of aryl methyl sites for hydroxylation is 4. The Morgan fingerprint density at radius 2 is 1.68 bits per heavy atom. The summed E-state index contributed by atoms with van der Waals surface area (Å²) in [6.45, 7) is 6.87. The first-order valence-electron chi connectivity index (χ1n) is 10.0. The van der Waals surface area contributed by atoms with E-state index in [-0.39, 0.29) is 16.3 Å². The average Bonchev–Trinajstić information content (AvgIpc) is 2.71. The Balaban J connectivity index is 1.98. The minimum atomic E-state index is -4.03. The van der Waals surface area contributed by atoms with E-state index < -0.39 is 21.3 Å². The van der Waals surface area contributed by atoms with Crippen molar-refractivity contribution in [1.82, 2.24) is 4.57 Å². The van der Waals surface area contributed by atoms with Crippen LogP contribution in [0.5, 0.6) is 0 Å². The number of benzene rings is 2. The third-order valence-corrected chi connectivity index (χ3v) is 7.10. The number of hydrogen-bond donors (Lipinski definition) is 1. The minimum absolute atomic E-state index is 0.0505. The summed E-state index contributed by atoms with van der Waals surface area (Å²) in [6.07, 6.45) is 0.834. The zero-order chi connectivity index (χ0) is 22.8. The number of nitrogens with zero attached hydrogens (tertiary/aromatic N) is 1. The summed E-state index contributed by atoms with van der Waals surface area (Å²) in [5.41, 5.74) is 2.80. The first-order chi connectivity index (χ1) is 14.6. The Hall–Kier alpha value is -3.19. The van der Waals surface area contributed by atoms with Crippen LogP contribution in [0.3, 0.4) is 0 Å². The van der Waals surface area contributed by atoms with Gasteiger partial charge in [0, 0.05) is 11.4 Å². The van der Waals surface area contributed by atoms with Crippen LogP contribution in [-0.4, -0.2) is 18.9 Å². The van der Waals surface area contributed by atoms with Crippen molar-refractivity contribution in [2.24, 2.45) is 0 Å². The van der Waals surface area contributed by atoms with Crippen molar-refractivity contribution in [2.45, 2.75) is 50.5 Å². The lowest BCUT2D eigenvalue weighted by Crippen LogP contribution is -2.33. The van der Waals surface area contributed by atoms with Gasteiger partial charge in [0.2, 0.25) is 15.7 Å². The Bertz CT molecular complexity index is 1290. The van der Waals surface area contributed by atoms with Crippen molar-refractivity contribution in [3.63, 3.8) is 0 Å². The summed E-state index contributed by atoms with van der Waals surface area (Å²) in [4.78, 5) is 25.6. The lowest BCUT2D eigenvalue weighted by molar-refractivity contribution is -0.116. The van der Waals surface area contributed by atoms with Crippen LogP contribution in [0.25, 0.3) is 0 Å². The number of anilines is 1. The Labute approximate surface area is 182 Å². The lowest BCUT2D eigenvalue weighted by atomic mass is 10.1. The third kappa shape index (κ3) is 4.77. The number of hydrogen-bond acceptors (Lipinski definition) is 4. The molecule has 7 heteroatoms. The second-order valence-corrected chi connectivity index (χ2v) is 9.49. The number of amides is 1. The normalized spacial score (nSPS) is 11.4. The van der Waals surface area contributed by atoms with Crippen molar-refractivity contribution < 1.29 is 13.2 Å². The second kappa shape index (κ2) is 8.89. The van der Waals surface area contributed by atoms with Crippen molar-refractivity contribution in [2.75, 3.05) is 5.32 Å². The molecule has 0 spiro atoms. The van der Waals surface area contributed by atoms with E-state index in [9.17, 15) is 18.0 Å². The Morgan fingerprint density at radius 1 is 1.00 bits per heavy atom. The molecule has 0 unspecified atom stereocenters. The highest BCUT2D eigenvalue weighted by Crippen LogP contribution is 2.22. The van der Waals surface area contributed by atoms with Gasteiger partial charge in [-0.3, -0.25) is 9.59 Å². The van der Waals surface area contributed by atoms with Crippen LogP contribution in [0.4, 0.5) is 5.69 Å². The molecule has 3 aromatic rings. The summed E-state index contributed by atoms with van der Waals surface area (Å²) in [5.74, 6) is -0.402. The lowest BCUT2D eigenvalue weighted by Gasteiger charge is -2.15. The molecule has 3 rings (SSSR count). The molecule has 0 aliphatic carbocycles. The molecule has 0 aliphatic rings. The van der Waals surface area contributed by atoms with Gasteiger partial charge in [-0.1, -0.05) is 36.8 Å². The molecular formula is C24H26N2O4S. The van der Waals surface area contributed by atoms with Gasteiger partial charge in [-0.05, 0) is 68.7 Å². The zero-order valence-corrected chi connectivity index (χ0v) is 18.9. The molecule has 1 N–H and O–H groups in total. The van der Waals surface area contributed by atoms with E-state index in [1.54, 1.807) is 38.1 Å². The van der Waals surface area contributed by atoms with Gasteiger partial charge < -0.3 is 9.88 Å². The van der Waals surface area contributed by atoms with Crippen LogP contribution < -0.4 is 10.9 Å². The van der Waals surface area contributed by atoms with Crippen LogP contribution in [0.15, 0.2) is 69.2 Å². The van der Waals surface area contributed by atoms with Crippen molar-refractivity contribution in [3.05, 3.63) is 87.3 Å². The number of aromatic nitrogens is 1. The fraction of sp³-hybridized carbons (Fsp3) is 0.250. The molecule has 31 heavy (non-hydrogen) atoms. The maximum Gasteiger partial charge on any atom is 0.270 e. The smallest absolute Gasteiger partial charge is 0.270 e. The molecular weight excluding hydrogens is 412 g/mol. The number of sulfone groups is 1. The van der Waals surface area contributed by atoms with E-state index >= 15 is 0 Å². The van der Waals surface area contributed by atoms with E-state index in [1.165, 1.54) is 16.7 Å². The summed E-state index contributed by atoms with van der Waals surface area (Å²) in [7, 11) is -4.03. The van der Waals surface area contributed by atoms with E-state index in [0.29, 0.717) is 16.9 Å². The highest BCUT2D eigenvalue weighted by atomic mass is 32.2. The highest BCUT2D eigenvalue weighted by molar-refractivity contribution is 7.91. The van der Waals surface area contributed by atoms with Crippen molar-refractivity contribution in [3.8, 4) is 0 Å². The van der Waals surface area contributed by atoms with Gasteiger partial charge in [0.25, 0.3) is 5.56 Å². The molecule has 162 valence electrons. The number of rotatable bonds is 6. The minimum Gasteiger partial charge on any atom is -0.325 e. The first kappa shape index (κ1) is 22.5. The Kier molecular flexibility index (Phi) is 6.45. The maximum atomic E-state index is 13.2. The van der Waals surface area contributed by atoms with E-state index in [1.807, 2.05) is 32.0 Å². The molecule has 1 amide bonds. The van der Waals surface area contributed by atoms with E-state index in [0.717, 1.165) is 17.5 Å². The van der Waals surface area contributed by atoms with Gasteiger partial charge in [0.05, 0.1) is 4.90 Å². The number of nitrogens with one attached hydrogen (secondary N) is 1. The Morgan fingerprint density at radius 3 is 2.32 bits per heavy atom. The molecule has 0 fully saturated rings. The van der Waals surface area contributed by atoms with Gasteiger partial charge in [-0.2, -0.15) is 0 Å². The topological polar surface area (TPSA) is 85.2 Å². The molecule has 0 atom stereocenters. The third-order valence-electron chi connectivity index (χ3n) is 5.17. The molecule has 1 heterocycles. The molecule has 0 bridgehead atoms.